The normalized spacial score (nSPS) is 13.8. The third-order valence-corrected chi connectivity index (χ3v) is 3.22. The molecule has 1 aliphatic heterocycles. The van der Waals surface area contributed by atoms with Crippen LogP contribution in [0.4, 0.5) is 5.69 Å². The zero-order valence-electron chi connectivity index (χ0n) is 12.6. The molecule has 1 aromatic rings. The zero-order chi connectivity index (χ0) is 17.7. The van der Waals surface area contributed by atoms with E-state index in [9.17, 15) is 19.2 Å². The fourth-order valence-electron chi connectivity index (χ4n) is 2.02. The van der Waals surface area contributed by atoms with Gasteiger partial charge >= 0.3 is 13.1 Å². The van der Waals surface area contributed by atoms with Crippen LogP contribution in [0.25, 0.3) is 0 Å². The summed E-state index contributed by atoms with van der Waals surface area (Å²) in [6.45, 7) is 0. The SMILES string of the molecule is O=C(CCC(=O)ON1C(=O)CCC1=O)Nc1cccc(B(O)O)c1. The standard InChI is InChI=1S/C14H15BN2O7/c18-11(16-10-3-1-2-9(8-10)15(22)23)4-7-14(21)24-17-12(19)5-6-13(17)20/h1-3,8,22-23H,4-7H2,(H,16,18). The van der Waals surface area contributed by atoms with Crippen LogP contribution in [-0.4, -0.2) is 45.9 Å². The third kappa shape index (κ3) is 4.64. The van der Waals surface area contributed by atoms with E-state index in [-0.39, 0.29) is 31.1 Å². The molecule has 1 aromatic carbocycles. The summed E-state index contributed by atoms with van der Waals surface area (Å²) >= 11 is 0. The van der Waals surface area contributed by atoms with Crippen LogP contribution in [0.3, 0.4) is 0 Å². The number of carbonyl (C=O) groups is 4. The Morgan fingerprint density at radius 1 is 1.17 bits per heavy atom. The summed E-state index contributed by atoms with van der Waals surface area (Å²) in [7, 11) is -1.66. The van der Waals surface area contributed by atoms with E-state index in [1.165, 1.54) is 18.2 Å². The quantitative estimate of drug-likeness (QED) is 0.434. The minimum absolute atomic E-state index is 0.000349. The number of nitrogens with zero attached hydrogens (tertiary/aromatic N) is 1. The zero-order valence-corrected chi connectivity index (χ0v) is 12.6. The second-order valence-corrected chi connectivity index (χ2v) is 5.09. The van der Waals surface area contributed by atoms with Crippen molar-refractivity contribution in [2.45, 2.75) is 25.7 Å². The maximum Gasteiger partial charge on any atom is 0.488 e. The number of hydroxylamine groups is 2. The largest absolute Gasteiger partial charge is 0.488 e. The Bertz CT molecular complexity index is 661. The van der Waals surface area contributed by atoms with Gasteiger partial charge in [0.2, 0.25) is 5.91 Å². The van der Waals surface area contributed by atoms with E-state index in [1.54, 1.807) is 6.07 Å². The maximum atomic E-state index is 11.8. The Balaban J connectivity index is 1.80. The average molecular weight is 334 g/mol. The van der Waals surface area contributed by atoms with Gasteiger partial charge in [-0.1, -0.05) is 12.1 Å². The second kappa shape index (κ2) is 7.71. The summed E-state index contributed by atoms with van der Waals surface area (Å²) in [5.41, 5.74) is 0.544. The molecule has 126 valence electrons. The van der Waals surface area contributed by atoms with Gasteiger partial charge in [-0.15, -0.1) is 5.06 Å². The molecule has 1 aliphatic rings. The number of rotatable bonds is 6. The molecule has 0 radical (unpaired) electrons. The lowest BCUT2D eigenvalue weighted by Gasteiger charge is -2.12. The predicted octanol–water partition coefficient (Wildman–Crippen LogP) is -1.31. The minimum Gasteiger partial charge on any atom is -0.423 e. The van der Waals surface area contributed by atoms with Crippen LogP contribution in [0.1, 0.15) is 25.7 Å². The summed E-state index contributed by atoms with van der Waals surface area (Å²) in [6, 6.07) is 5.93. The van der Waals surface area contributed by atoms with Gasteiger partial charge in [0.15, 0.2) is 0 Å². The molecule has 10 heteroatoms. The van der Waals surface area contributed by atoms with Crippen molar-refractivity contribution in [3.8, 4) is 0 Å². The van der Waals surface area contributed by atoms with E-state index in [0.717, 1.165) is 0 Å². The highest BCUT2D eigenvalue weighted by molar-refractivity contribution is 6.58. The van der Waals surface area contributed by atoms with Crippen molar-refractivity contribution in [1.29, 1.82) is 0 Å². The molecule has 2 rings (SSSR count). The molecule has 0 unspecified atom stereocenters. The summed E-state index contributed by atoms with van der Waals surface area (Å²) < 4.78 is 0. The Morgan fingerprint density at radius 2 is 1.83 bits per heavy atom. The highest BCUT2D eigenvalue weighted by Crippen LogP contribution is 2.13. The van der Waals surface area contributed by atoms with Gasteiger partial charge in [0.1, 0.15) is 0 Å². The molecule has 0 aliphatic carbocycles. The number of benzene rings is 1. The second-order valence-electron chi connectivity index (χ2n) is 5.09. The Hall–Kier alpha value is -2.72. The van der Waals surface area contributed by atoms with Gasteiger partial charge in [-0.25, -0.2) is 4.79 Å². The molecule has 3 amide bonds. The van der Waals surface area contributed by atoms with E-state index in [1.807, 2.05) is 0 Å². The van der Waals surface area contributed by atoms with Crippen LogP contribution in [0.15, 0.2) is 24.3 Å². The van der Waals surface area contributed by atoms with E-state index in [0.29, 0.717) is 10.8 Å². The molecule has 24 heavy (non-hydrogen) atoms. The van der Waals surface area contributed by atoms with Gasteiger partial charge in [0, 0.05) is 24.9 Å². The first kappa shape index (κ1) is 17.6. The molecular weight excluding hydrogens is 319 g/mol. The van der Waals surface area contributed by atoms with E-state index in [4.69, 9.17) is 10.0 Å². The molecule has 0 spiro atoms. The monoisotopic (exact) mass is 334 g/mol. The van der Waals surface area contributed by atoms with Crippen LogP contribution in [-0.2, 0) is 24.0 Å². The van der Waals surface area contributed by atoms with Crippen LogP contribution < -0.4 is 10.8 Å². The summed E-state index contributed by atoms with van der Waals surface area (Å²) in [5.74, 6) is -2.54. The Kier molecular flexibility index (Phi) is 5.66. The third-order valence-electron chi connectivity index (χ3n) is 3.22. The van der Waals surface area contributed by atoms with E-state index in [2.05, 4.69) is 10.2 Å². The number of nitrogens with one attached hydrogen (secondary N) is 1. The fourth-order valence-corrected chi connectivity index (χ4v) is 2.02. The first-order chi connectivity index (χ1) is 11.4. The lowest BCUT2D eigenvalue weighted by atomic mass is 9.80. The summed E-state index contributed by atoms with van der Waals surface area (Å²) in [5, 5.41) is 21.0. The minimum atomic E-state index is -1.66. The molecular formula is C14H15BN2O7. The number of hydrogen-bond acceptors (Lipinski definition) is 7. The molecule has 1 saturated heterocycles. The topological polar surface area (TPSA) is 133 Å². The van der Waals surface area contributed by atoms with Crippen molar-refractivity contribution >= 4 is 42.0 Å². The summed E-state index contributed by atoms with van der Waals surface area (Å²) in [6.07, 6.45) is -0.536. The van der Waals surface area contributed by atoms with E-state index < -0.39 is 30.8 Å². The van der Waals surface area contributed by atoms with Gasteiger partial charge in [0.05, 0.1) is 6.42 Å². The lowest BCUT2D eigenvalue weighted by Crippen LogP contribution is -2.32. The Morgan fingerprint density at radius 3 is 2.46 bits per heavy atom. The number of imide groups is 1. The van der Waals surface area contributed by atoms with Gasteiger partial charge in [0.25, 0.3) is 11.8 Å². The number of carbonyl (C=O) groups excluding carboxylic acids is 4. The molecule has 0 atom stereocenters. The number of anilines is 1. The molecule has 3 N–H and O–H groups in total. The lowest BCUT2D eigenvalue weighted by molar-refractivity contribution is -0.197. The van der Waals surface area contributed by atoms with Crippen LogP contribution in [0.2, 0.25) is 0 Å². The molecule has 1 fully saturated rings. The van der Waals surface area contributed by atoms with Crippen molar-refractivity contribution in [2.75, 3.05) is 5.32 Å². The van der Waals surface area contributed by atoms with Crippen LogP contribution in [0, 0.1) is 0 Å². The van der Waals surface area contributed by atoms with Gasteiger partial charge < -0.3 is 20.2 Å². The highest BCUT2D eigenvalue weighted by Gasteiger charge is 2.32. The molecule has 9 nitrogen and oxygen atoms in total. The van der Waals surface area contributed by atoms with Crippen LogP contribution >= 0.6 is 0 Å². The average Bonchev–Trinajstić information content (AvgIpc) is 2.85. The molecule has 1 heterocycles. The van der Waals surface area contributed by atoms with Crippen molar-refractivity contribution in [1.82, 2.24) is 5.06 Å². The molecule has 0 bridgehead atoms. The van der Waals surface area contributed by atoms with Crippen molar-refractivity contribution < 1.29 is 34.1 Å². The first-order valence-corrected chi connectivity index (χ1v) is 7.19. The van der Waals surface area contributed by atoms with Gasteiger partial charge in [-0.3, -0.25) is 14.4 Å². The number of amides is 3. The van der Waals surface area contributed by atoms with Crippen molar-refractivity contribution in [2.24, 2.45) is 0 Å². The first-order valence-electron chi connectivity index (χ1n) is 7.19. The Labute approximate surface area is 137 Å². The van der Waals surface area contributed by atoms with Crippen molar-refractivity contribution in [3.63, 3.8) is 0 Å². The highest BCUT2D eigenvalue weighted by atomic mass is 16.7. The molecule has 0 saturated carbocycles. The van der Waals surface area contributed by atoms with Crippen molar-refractivity contribution in [3.05, 3.63) is 24.3 Å². The summed E-state index contributed by atoms with van der Waals surface area (Å²) in [4.78, 5) is 50.6. The number of hydrogen-bond donors (Lipinski definition) is 3. The van der Waals surface area contributed by atoms with Gasteiger partial charge in [-0.05, 0) is 17.6 Å². The van der Waals surface area contributed by atoms with Crippen LogP contribution in [0.5, 0.6) is 0 Å². The maximum absolute atomic E-state index is 11.8. The smallest absolute Gasteiger partial charge is 0.423 e. The predicted molar refractivity (Wildman–Crippen MR) is 81.3 cm³/mol. The van der Waals surface area contributed by atoms with Gasteiger partial charge in [-0.2, -0.15) is 0 Å². The fraction of sp³-hybridized carbons (Fsp3) is 0.286. The van der Waals surface area contributed by atoms with E-state index >= 15 is 0 Å². The molecule has 0 aromatic heterocycles.